The quantitative estimate of drug-likeness (QED) is 0.497. The Morgan fingerprint density at radius 2 is 0.727 bits per heavy atom. The van der Waals surface area contributed by atoms with Crippen LogP contribution in [-0.4, -0.2) is 0 Å². The Hall–Kier alpha value is -2.34. The van der Waals surface area contributed by atoms with Crippen LogP contribution in [0.3, 0.4) is 0 Å². The van der Waals surface area contributed by atoms with Crippen LogP contribution in [0, 0.1) is 0 Å². The van der Waals surface area contributed by atoms with E-state index < -0.39 is 0 Å². The van der Waals surface area contributed by atoms with Crippen LogP contribution in [0.2, 0.25) is 0 Å². The van der Waals surface area contributed by atoms with Crippen LogP contribution in [0.15, 0.2) is 91.0 Å². The zero-order valence-corrected chi connectivity index (χ0v) is 13.4. The molecule has 0 bridgehead atoms. The fourth-order valence-corrected chi connectivity index (χ4v) is 2.51. The average Bonchev–Trinajstić information content (AvgIpc) is 2.59. The van der Waals surface area contributed by atoms with E-state index in [0.29, 0.717) is 5.92 Å². The predicted molar refractivity (Wildman–Crippen MR) is 96.2 cm³/mol. The molecule has 112 valence electrons. The first kappa shape index (κ1) is 16.0. The van der Waals surface area contributed by atoms with Gasteiger partial charge in [0.25, 0.3) is 0 Å². The van der Waals surface area contributed by atoms with Gasteiger partial charge in [-0.1, -0.05) is 111 Å². The molecule has 0 spiro atoms. The first-order chi connectivity index (χ1) is 10.9. The Balaban J connectivity index is 0.000000545. The molecule has 22 heavy (non-hydrogen) atoms. The molecule has 3 aromatic carbocycles. The topological polar surface area (TPSA) is 0 Å². The fraction of sp³-hybridized carbons (Fsp3) is 0.182. The van der Waals surface area contributed by atoms with E-state index in [1.54, 1.807) is 0 Å². The molecule has 3 aromatic rings. The van der Waals surface area contributed by atoms with Gasteiger partial charge in [0, 0.05) is 5.92 Å². The minimum absolute atomic E-state index is 0.309. The van der Waals surface area contributed by atoms with Crippen LogP contribution < -0.4 is 0 Å². The highest BCUT2D eigenvalue weighted by Gasteiger charge is 2.15. The maximum Gasteiger partial charge on any atom is 0.0339 e. The van der Waals surface area contributed by atoms with Crippen molar-refractivity contribution in [2.45, 2.75) is 26.2 Å². The van der Waals surface area contributed by atoms with Crippen molar-refractivity contribution in [3.05, 3.63) is 108 Å². The van der Waals surface area contributed by atoms with Gasteiger partial charge in [-0.25, -0.2) is 0 Å². The van der Waals surface area contributed by atoms with Gasteiger partial charge in [0.15, 0.2) is 0 Å². The molecular weight excluding hydrogens is 264 g/mol. The second-order valence-electron chi connectivity index (χ2n) is 5.37. The molecule has 0 fully saturated rings. The van der Waals surface area contributed by atoms with E-state index >= 15 is 0 Å². The molecule has 0 aliphatic heterocycles. The van der Waals surface area contributed by atoms with Gasteiger partial charge in [-0.3, -0.25) is 0 Å². The molecule has 0 heteroatoms. The second kappa shape index (κ2) is 8.84. The molecule has 0 N–H and O–H groups in total. The summed E-state index contributed by atoms with van der Waals surface area (Å²) in [7, 11) is 0. The van der Waals surface area contributed by atoms with Crippen molar-refractivity contribution in [1.82, 2.24) is 0 Å². The van der Waals surface area contributed by atoms with E-state index in [-0.39, 0.29) is 0 Å². The van der Waals surface area contributed by atoms with Crippen molar-refractivity contribution < 1.29 is 0 Å². The number of hydrogen-bond donors (Lipinski definition) is 0. The van der Waals surface area contributed by atoms with E-state index in [1.807, 2.05) is 0 Å². The molecule has 3 rings (SSSR count). The van der Waals surface area contributed by atoms with Crippen LogP contribution in [0.25, 0.3) is 0 Å². The lowest BCUT2D eigenvalue weighted by Gasteiger charge is -2.18. The van der Waals surface area contributed by atoms with Gasteiger partial charge in [0.1, 0.15) is 0 Å². The summed E-state index contributed by atoms with van der Waals surface area (Å²) in [6.45, 7) is 4.25. The minimum Gasteiger partial charge on any atom is -0.0656 e. The van der Waals surface area contributed by atoms with Crippen LogP contribution in [0.5, 0.6) is 0 Å². The van der Waals surface area contributed by atoms with E-state index in [0.717, 1.165) is 0 Å². The van der Waals surface area contributed by atoms with Crippen LogP contribution in [-0.2, 0) is 0 Å². The molecule has 0 saturated carbocycles. The van der Waals surface area contributed by atoms with Crippen molar-refractivity contribution >= 4 is 0 Å². The Bertz CT molecular complexity index is 533. The molecule has 0 atom stereocenters. The van der Waals surface area contributed by atoms with Crippen LogP contribution in [0.1, 0.15) is 42.9 Å². The average molecular weight is 288 g/mol. The largest absolute Gasteiger partial charge is 0.0656 e. The maximum absolute atomic E-state index is 2.20. The van der Waals surface area contributed by atoms with Gasteiger partial charge in [-0.15, -0.1) is 0 Å². The molecular formula is C22H24. The maximum atomic E-state index is 2.20. The Labute approximate surface area is 134 Å². The van der Waals surface area contributed by atoms with Crippen LogP contribution >= 0.6 is 0 Å². The van der Waals surface area contributed by atoms with Crippen molar-refractivity contribution in [1.29, 1.82) is 0 Å². The third kappa shape index (κ3) is 4.33. The van der Waals surface area contributed by atoms with Crippen LogP contribution in [0.4, 0.5) is 0 Å². The smallest absolute Gasteiger partial charge is 0.0339 e. The molecule has 0 aromatic heterocycles. The van der Waals surface area contributed by atoms with Crippen molar-refractivity contribution in [3.63, 3.8) is 0 Å². The normalized spacial score (nSPS) is 9.95. The summed E-state index contributed by atoms with van der Waals surface area (Å²) in [5.41, 5.74) is 4.00. The molecule has 0 heterocycles. The zero-order valence-electron chi connectivity index (χ0n) is 13.4. The number of hydrogen-bond acceptors (Lipinski definition) is 0. The SMILES string of the molecule is CCC.c1ccc(C(c2ccccc2)c2ccccc2)cc1. The van der Waals surface area contributed by atoms with Gasteiger partial charge >= 0.3 is 0 Å². The van der Waals surface area contributed by atoms with E-state index in [1.165, 1.54) is 23.1 Å². The van der Waals surface area contributed by atoms with E-state index in [4.69, 9.17) is 0 Å². The summed E-state index contributed by atoms with van der Waals surface area (Å²) >= 11 is 0. The highest BCUT2D eigenvalue weighted by molar-refractivity contribution is 5.42. The van der Waals surface area contributed by atoms with Gasteiger partial charge < -0.3 is 0 Å². The lowest BCUT2D eigenvalue weighted by molar-refractivity contribution is 0.977. The lowest BCUT2D eigenvalue weighted by atomic mass is 9.85. The summed E-state index contributed by atoms with van der Waals surface area (Å²) in [5, 5.41) is 0. The van der Waals surface area contributed by atoms with E-state index in [9.17, 15) is 0 Å². The summed E-state index contributed by atoms with van der Waals surface area (Å²) < 4.78 is 0. The molecule has 0 unspecified atom stereocenters. The van der Waals surface area contributed by atoms with Crippen molar-refractivity contribution in [2.24, 2.45) is 0 Å². The van der Waals surface area contributed by atoms with Gasteiger partial charge in [-0.2, -0.15) is 0 Å². The third-order valence-corrected chi connectivity index (χ3v) is 3.40. The highest BCUT2D eigenvalue weighted by atomic mass is 14.2. The predicted octanol–water partition coefficient (Wildman–Crippen LogP) is 6.28. The number of benzene rings is 3. The minimum atomic E-state index is 0.309. The molecule has 0 aliphatic rings. The first-order valence-corrected chi connectivity index (χ1v) is 8.01. The molecule has 0 saturated heterocycles. The zero-order chi connectivity index (χ0) is 15.6. The molecule has 0 radical (unpaired) electrons. The summed E-state index contributed by atoms with van der Waals surface area (Å²) in [6, 6.07) is 32.0. The number of rotatable bonds is 3. The Kier molecular flexibility index (Phi) is 6.44. The fourth-order valence-electron chi connectivity index (χ4n) is 2.51. The summed E-state index contributed by atoms with van der Waals surface area (Å²) in [4.78, 5) is 0. The monoisotopic (exact) mass is 288 g/mol. The second-order valence-corrected chi connectivity index (χ2v) is 5.37. The summed E-state index contributed by atoms with van der Waals surface area (Å²) in [6.07, 6.45) is 1.25. The molecule has 0 nitrogen and oxygen atoms in total. The molecule has 0 amide bonds. The van der Waals surface area contributed by atoms with Crippen molar-refractivity contribution in [2.75, 3.05) is 0 Å². The standard InChI is InChI=1S/C19H16.C3H8/c1-4-10-16(11-5-1)19(17-12-6-2-7-13-17)18-14-8-3-9-15-18;1-3-2/h1-15,19H;3H2,1-2H3. The Morgan fingerprint density at radius 1 is 0.500 bits per heavy atom. The summed E-state index contributed by atoms with van der Waals surface area (Å²) in [5.74, 6) is 0.309. The van der Waals surface area contributed by atoms with Gasteiger partial charge in [0.05, 0.1) is 0 Å². The Morgan fingerprint density at radius 3 is 0.955 bits per heavy atom. The molecule has 0 aliphatic carbocycles. The first-order valence-electron chi connectivity index (χ1n) is 8.01. The van der Waals surface area contributed by atoms with Gasteiger partial charge in [-0.05, 0) is 16.7 Å². The van der Waals surface area contributed by atoms with Crippen molar-refractivity contribution in [3.8, 4) is 0 Å². The lowest BCUT2D eigenvalue weighted by Crippen LogP contribution is -2.02. The highest BCUT2D eigenvalue weighted by Crippen LogP contribution is 2.31. The van der Waals surface area contributed by atoms with E-state index in [2.05, 4.69) is 105 Å². The third-order valence-electron chi connectivity index (χ3n) is 3.40. The van der Waals surface area contributed by atoms with Gasteiger partial charge in [0.2, 0.25) is 0 Å².